The van der Waals surface area contributed by atoms with Crippen molar-refractivity contribution in [2.75, 3.05) is 58.4 Å². The van der Waals surface area contributed by atoms with Crippen molar-refractivity contribution < 1.29 is 32.6 Å². The summed E-state index contributed by atoms with van der Waals surface area (Å²) in [5.41, 5.74) is 3.33. The van der Waals surface area contributed by atoms with Crippen LogP contribution in [0.2, 0.25) is 0 Å². The summed E-state index contributed by atoms with van der Waals surface area (Å²) in [7, 11) is 3.66. The van der Waals surface area contributed by atoms with Crippen LogP contribution in [0.25, 0.3) is 6.08 Å². The number of morpholine rings is 1. The van der Waals surface area contributed by atoms with Gasteiger partial charge in [0.25, 0.3) is 0 Å². The number of ether oxygens (including phenoxy) is 1. The van der Waals surface area contributed by atoms with Gasteiger partial charge in [-0.05, 0) is 71.8 Å². The normalized spacial score (nSPS) is 14.1. The number of rotatable bonds is 14. The van der Waals surface area contributed by atoms with Gasteiger partial charge < -0.3 is 29.4 Å². The van der Waals surface area contributed by atoms with Crippen LogP contribution in [0.3, 0.4) is 0 Å². The van der Waals surface area contributed by atoms with E-state index < -0.39 is 23.7 Å². The van der Waals surface area contributed by atoms with Gasteiger partial charge in [-0.15, -0.1) is 0 Å². The zero-order valence-electron chi connectivity index (χ0n) is 29.5. The molecule has 0 bridgehead atoms. The summed E-state index contributed by atoms with van der Waals surface area (Å²) in [6, 6.07) is 28.2. The van der Waals surface area contributed by atoms with Crippen molar-refractivity contribution in [3.05, 3.63) is 137 Å². The van der Waals surface area contributed by atoms with Gasteiger partial charge in [-0.3, -0.25) is 9.59 Å². The van der Waals surface area contributed by atoms with Gasteiger partial charge in [0.1, 0.15) is 11.8 Å². The highest BCUT2D eigenvalue weighted by molar-refractivity contribution is 5.95. The molecule has 4 aromatic carbocycles. The molecule has 274 valence electrons. The summed E-state index contributed by atoms with van der Waals surface area (Å²) in [4.78, 5) is 36.0. The molecule has 1 atom stereocenters. The Balaban J connectivity index is 1.40. The van der Waals surface area contributed by atoms with Crippen LogP contribution in [0.4, 0.5) is 18.9 Å². The van der Waals surface area contributed by atoms with Gasteiger partial charge in [0.15, 0.2) is 0 Å². The van der Waals surface area contributed by atoms with Crippen molar-refractivity contribution in [3.8, 4) is 5.75 Å². The number of likely N-dealkylation sites (N-methyl/N-ethyl adjacent to an activating group) is 2. The largest absolute Gasteiger partial charge is 0.508 e. The quantitative estimate of drug-likeness (QED) is 0.151. The lowest BCUT2D eigenvalue weighted by atomic mass is 10.0. The third kappa shape index (κ3) is 10.9. The molecule has 0 unspecified atom stereocenters. The summed E-state index contributed by atoms with van der Waals surface area (Å²) < 4.78 is 45.0. The van der Waals surface area contributed by atoms with E-state index in [1.165, 1.54) is 24.3 Å². The number of halogens is 3. The third-order valence-corrected chi connectivity index (χ3v) is 9.09. The Kier molecular flexibility index (Phi) is 13.1. The summed E-state index contributed by atoms with van der Waals surface area (Å²) in [5.74, 6) is -0.494. The number of alkyl halides is 3. The number of phenolic OH excluding ortho intramolecular Hbond substituents is 1. The van der Waals surface area contributed by atoms with E-state index in [4.69, 9.17) is 4.74 Å². The fraction of sp³-hybridized carbons (Fsp3) is 0.317. The molecule has 1 N–H and O–H groups in total. The van der Waals surface area contributed by atoms with Crippen molar-refractivity contribution in [3.63, 3.8) is 0 Å². The first kappa shape index (κ1) is 38.1. The van der Waals surface area contributed by atoms with E-state index in [1.54, 1.807) is 35.0 Å². The molecular formula is C41H45F3N4O4. The van der Waals surface area contributed by atoms with Gasteiger partial charge in [0, 0.05) is 64.5 Å². The molecule has 0 spiro atoms. The highest BCUT2D eigenvalue weighted by Gasteiger charge is 2.32. The summed E-state index contributed by atoms with van der Waals surface area (Å²) in [6.07, 6.45) is -1.42. The second-order valence-corrected chi connectivity index (χ2v) is 13.1. The molecule has 1 fully saturated rings. The van der Waals surface area contributed by atoms with Crippen LogP contribution >= 0.6 is 0 Å². The lowest BCUT2D eigenvalue weighted by Crippen LogP contribution is -2.51. The number of anilines is 1. The predicted molar refractivity (Wildman–Crippen MR) is 197 cm³/mol. The number of amides is 2. The number of aromatic hydroxyl groups is 1. The average Bonchev–Trinajstić information content (AvgIpc) is 3.15. The number of carbonyl (C=O) groups excluding carboxylic acids is 2. The van der Waals surface area contributed by atoms with Crippen LogP contribution in [-0.2, 0) is 40.0 Å². The van der Waals surface area contributed by atoms with Gasteiger partial charge in [0.05, 0.1) is 18.8 Å². The van der Waals surface area contributed by atoms with E-state index in [0.29, 0.717) is 38.4 Å². The molecule has 4 aromatic rings. The van der Waals surface area contributed by atoms with Crippen LogP contribution in [0, 0.1) is 0 Å². The monoisotopic (exact) mass is 714 g/mol. The van der Waals surface area contributed by atoms with E-state index in [0.717, 1.165) is 47.6 Å². The topological polar surface area (TPSA) is 76.6 Å². The van der Waals surface area contributed by atoms with E-state index in [2.05, 4.69) is 9.80 Å². The Hall–Kier alpha value is -5.13. The lowest BCUT2D eigenvalue weighted by Gasteiger charge is -2.34. The van der Waals surface area contributed by atoms with Crippen molar-refractivity contribution in [2.45, 2.75) is 31.7 Å². The van der Waals surface area contributed by atoms with E-state index in [1.807, 2.05) is 67.7 Å². The Morgan fingerprint density at radius 1 is 0.827 bits per heavy atom. The summed E-state index contributed by atoms with van der Waals surface area (Å²) >= 11 is 0. The molecule has 0 aromatic heterocycles. The van der Waals surface area contributed by atoms with Crippen molar-refractivity contribution in [1.82, 2.24) is 14.7 Å². The van der Waals surface area contributed by atoms with Crippen LogP contribution in [0.15, 0.2) is 109 Å². The first-order valence-electron chi connectivity index (χ1n) is 17.3. The molecule has 1 aliphatic rings. The van der Waals surface area contributed by atoms with Crippen LogP contribution < -0.4 is 4.90 Å². The number of hydrogen-bond donors (Lipinski definition) is 1. The lowest BCUT2D eigenvalue weighted by molar-refractivity contribution is -0.143. The molecule has 0 saturated carbocycles. The molecule has 8 nitrogen and oxygen atoms in total. The SMILES string of the molecule is CN(CCN(C)C(=O)[C@H](Cc1ccccc1)N(Cc1ccc(N2CCOCC2)cc1)C(=O)/C=C/c1ccc(C(F)(F)F)cc1)Cc1cccc(O)c1. The second kappa shape index (κ2) is 17.9. The average molecular weight is 715 g/mol. The van der Waals surface area contributed by atoms with Gasteiger partial charge in [-0.25, -0.2) is 0 Å². The zero-order chi connectivity index (χ0) is 37.1. The maximum atomic E-state index is 14.4. The van der Waals surface area contributed by atoms with Gasteiger partial charge >= 0.3 is 6.18 Å². The van der Waals surface area contributed by atoms with Crippen LogP contribution in [0.1, 0.15) is 27.8 Å². The van der Waals surface area contributed by atoms with Crippen molar-refractivity contribution in [2.24, 2.45) is 0 Å². The number of nitrogens with zero attached hydrogens (tertiary/aromatic N) is 4. The van der Waals surface area contributed by atoms with Crippen LogP contribution in [-0.4, -0.2) is 91.2 Å². The van der Waals surface area contributed by atoms with Crippen molar-refractivity contribution >= 4 is 23.6 Å². The van der Waals surface area contributed by atoms with Gasteiger partial charge in [0.2, 0.25) is 11.8 Å². The minimum absolute atomic E-state index is 0.133. The van der Waals surface area contributed by atoms with E-state index >= 15 is 0 Å². The minimum atomic E-state index is -4.47. The summed E-state index contributed by atoms with van der Waals surface area (Å²) in [6.45, 7) is 4.49. The molecule has 5 rings (SSSR count). The minimum Gasteiger partial charge on any atom is -0.508 e. The Morgan fingerprint density at radius 2 is 1.50 bits per heavy atom. The highest BCUT2D eigenvalue weighted by atomic mass is 19.4. The maximum Gasteiger partial charge on any atom is 0.416 e. The predicted octanol–water partition coefficient (Wildman–Crippen LogP) is 6.49. The molecule has 11 heteroatoms. The molecule has 52 heavy (non-hydrogen) atoms. The smallest absolute Gasteiger partial charge is 0.416 e. The number of benzene rings is 4. The molecule has 1 heterocycles. The van der Waals surface area contributed by atoms with Gasteiger partial charge in [-0.1, -0.05) is 66.7 Å². The molecule has 0 aliphatic carbocycles. The van der Waals surface area contributed by atoms with Crippen molar-refractivity contribution in [1.29, 1.82) is 0 Å². The number of carbonyl (C=O) groups is 2. The molecule has 1 saturated heterocycles. The van der Waals surface area contributed by atoms with E-state index in [-0.39, 0.29) is 24.6 Å². The molecular weight excluding hydrogens is 669 g/mol. The number of hydrogen-bond acceptors (Lipinski definition) is 6. The number of phenols is 1. The molecule has 1 aliphatic heterocycles. The summed E-state index contributed by atoms with van der Waals surface area (Å²) in [5, 5.41) is 9.86. The Morgan fingerprint density at radius 3 is 2.15 bits per heavy atom. The third-order valence-electron chi connectivity index (χ3n) is 9.09. The first-order chi connectivity index (χ1) is 25.0. The Labute approximate surface area is 303 Å². The standard InChI is InChI=1S/C41H45F3N4O4/c1-45(29-34-9-6-10-37(49)27-34)21-22-46(2)40(51)38(28-32-7-4-3-5-8-32)48(30-33-13-18-36(19-14-33)47-23-25-52-26-24-47)39(50)20-15-31-11-16-35(17-12-31)41(42,43)44/h3-20,27,38,49H,21-26,28-30H2,1-2H3/b20-15+/t38-/m0/s1. The first-order valence-corrected chi connectivity index (χ1v) is 17.3. The van der Waals surface area contributed by atoms with E-state index in [9.17, 15) is 27.9 Å². The maximum absolute atomic E-state index is 14.4. The van der Waals surface area contributed by atoms with Crippen LogP contribution in [0.5, 0.6) is 5.75 Å². The fourth-order valence-corrected chi connectivity index (χ4v) is 6.12. The Bertz CT molecular complexity index is 1780. The second-order valence-electron chi connectivity index (χ2n) is 13.1. The molecule has 0 radical (unpaired) electrons. The zero-order valence-corrected chi connectivity index (χ0v) is 29.5. The molecule has 2 amide bonds. The van der Waals surface area contributed by atoms with Gasteiger partial charge in [-0.2, -0.15) is 13.2 Å². The fourth-order valence-electron chi connectivity index (χ4n) is 6.12. The highest BCUT2D eigenvalue weighted by Crippen LogP contribution is 2.29.